The summed E-state index contributed by atoms with van der Waals surface area (Å²) in [6, 6.07) is 5.59. The molecular formula is C13H17ClN2O2. The molecule has 2 aliphatic rings. The van der Waals surface area contributed by atoms with Gasteiger partial charge in [0.25, 0.3) is 0 Å². The van der Waals surface area contributed by atoms with Crippen molar-refractivity contribution in [2.24, 2.45) is 0 Å². The van der Waals surface area contributed by atoms with Gasteiger partial charge in [0.05, 0.1) is 24.6 Å². The molecule has 0 bridgehead atoms. The Morgan fingerprint density at radius 3 is 2.50 bits per heavy atom. The first-order chi connectivity index (χ1) is 8.69. The van der Waals surface area contributed by atoms with Crippen molar-refractivity contribution in [2.75, 3.05) is 36.9 Å². The quantitative estimate of drug-likeness (QED) is 0.794. The van der Waals surface area contributed by atoms with E-state index in [1.165, 1.54) is 0 Å². The van der Waals surface area contributed by atoms with E-state index in [2.05, 4.69) is 4.90 Å². The number of hydrogen-bond donors (Lipinski definition) is 1. The van der Waals surface area contributed by atoms with Crippen molar-refractivity contribution in [1.82, 2.24) is 0 Å². The molecule has 0 atom stereocenters. The number of nitrogens with zero attached hydrogens (tertiary/aromatic N) is 1. The van der Waals surface area contributed by atoms with E-state index in [9.17, 15) is 0 Å². The van der Waals surface area contributed by atoms with E-state index in [4.69, 9.17) is 26.8 Å². The van der Waals surface area contributed by atoms with E-state index in [0.717, 1.165) is 37.3 Å². The number of benzene rings is 1. The maximum absolute atomic E-state index is 6.03. The topological polar surface area (TPSA) is 47.7 Å². The van der Waals surface area contributed by atoms with Gasteiger partial charge in [-0.15, -0.1) is 0 Å². The van der Waals surface area contributed by atoms with Crippen molar-refractivity contribution in [3.05, 3.63) is 23.2 Å². The fourth-order valence-corrected chi connectivity index (χ4v) is 2.83. The number of nitrogen functional groups attached to an aromatic ring is 1. The second kappa shape index (κ2) is 4.61. The third-order valence-corrected chi connectivity index (χ3v) is 3.91. The van der Waals surface area contributed by atoms with Gasteiger partial charge in [0, 0.05) is 31.0 Å². The Morgan fingerprint density at radius 1 is 1.17 bits per heavy atom. The zero-order chi connectivity index (χ0) is 12.6. The average molecular weight is 269 g/mol. The first-order valence-corrected chi connectivity index (χ1v) is 6.64. The van der Waals surface area contributed by atoms with Gasteiger partial charge in [0.2, 0.25) is 0 Å². The number of ether oxygens (including phenoxy) is 2. The fraction of sp³-hybridized carbons (Fsp3) is 0.538. The molecular weight excluding hydrogens is 252 g/mol. The molecule has 1 spiro atoms. The maximum atomic E-state index is 6.03. The van der Waals surface area contributed by atoms with E-state index in [0.29, 0.717) is 18.2 Å². The highest BCUT2D eigenvalue weighted by Crippen LogP contribution is 2.35. The normalized spacial score (nSPS) is 22.6. The van der Waals surface area contributed by atoms with Crippen LogP contribution in [0.4, 0.5) is 11.4 Å². The van der Waals surface area contributed by atoms with Gasteiger partial charge in [0.1, 0.15) is 0 Å². The van der Waals surface area contributed by atoms with Crippen LogP contribution in [0.3, 0.4) is 0 Å². The van der Waals surface area contributed by atoms with Gasteiger partial charge in [-0.1, -0.05) is 11.6 Å². The molecule has 4 nitrogen and oxygen atoms in total. The Balaban J connectivity index is 1.74. The summed E-state index contributed by atoms with van der Waals surface area (Å²) in [5, 5.41) is 0.716. The van der Waals surface area contributed by atoms with Crippen molar-refractivity contribution in [2.45, 2.75) is 18.6 Å². The molecule has 0 unspecified atom stereocenters. The molecule has 2 fully saturated rings. The smallest absolute Gasteiger partial charge is 0.171 e. The molecule has 5 heteroatoms. The van der Waals surface area contributed by atoms with E-state index < -0.39 is 0 Å². The molecule has 98 valence electrons. The maximum Gasteiger partial charge on any atom is 0.171 e. The van der Waals surface area contributed by atoms with Crippen molar-refractivity contribution in [3.8, 4) is 0 Å². The molecule has 0 aromatic heterocycles. The Bertz CT molecular complexity index is 437. The van der Waals surface area contributed by atoms with Gasteiger partial charge in [-0.3, -0.25) is 0 Å². The molecule has 1 aromatic rings. The van der Waals surface area contributed by atoms with Crippen LogP contribution in [0.2, 0.25) is 5.02 Å². The first-order valence-electron chi connectivity index (χ1n) is 6.26. The number of hydrogen-bond acceptors (Lipinski definition) is 4. The molecule has 2 N–H and O–H groups in total. The summed E-state index contributed by atoms with van der Waals surface area (Å²) >= 11 is 6.03. The van der Waals surface area contributed by atoms with Crippen LogP contribution in [0.15, 0.2) is 18.2 Å². The number of anilines is 2. The molecule has 2 saturated heterocycles. The first kappa shape index (κ1) is 12.1. The molecule has 2 heterocycles. The highest BCUT2D eigenvalue weighted by atomic mass is 35.5. The van der Waals surface area contributed by atoms with Crippen molar-refractivity contribution < 1.29 is 9.47 Å². The van der Waals surface area contributed by atoms with Crippen LogP contribution in [-0.2, 0) is 9.47 Å². The summed E-state index contributed by atoms with van der Waals surface area (Å²) in [7, 11) is 0. The van der Waals surface area contributed by atoms with Crippen LogP contribution in [0.5, 0.6) is 0 Å². The lowest BCUT2D eigenvalue weighted by Gasteiger charge is -2.39. The second-order valence-corrected chi connectivity index (χ2v) is 5.23. The number of piperidine rings is 1. The van der Waals surface area contributed by atoms with Crippen LogP contribution in [-0.4, -0.2) is 32.1 Å². The highest BCUT2D eigenvalue weighted by Gasteiger charge is 2.40. The lowest BCUT2D eigenvalue weighted by molar-refractivity contribution is -0.169. The van der Waals surface area contributed by atoms with Crippen molar-refractivity contribution in [1.29, 1.82) is 0 Å². The highest BCUT2D eigenvalue weighted by molar-refractivity contribution is 6.31. The number of nitrogens with two attached hydrogens (primary N) is 1. The third-order valence-electron chi connectivity index (χ3n) is 3.67. The standard InChI is InChI=1S/C13H17ClN2O2/c14-10-1-2-11(15)12(9-10)16-5-3-13(4-6-16)17-7-8-18-13/h1-2,9H,3-8,15H2. The summed E-state index contributed by atoms with van der Waals surface area (Å²) in [6.07, 6.45) is 1.75. The van der Waals surface area contributed by atoms with Gasteiger partial charge in [-0.25, -0.2) is 0 Å². The van der Waals surface area contributed by atoms with Crippen LogP contribution in [0.25, 0.3) is 0 Å². The zero-order valence-corrected chi connectivity index (χ0v) is 10.9. The van der Waals surface area contributed by atoms with Crippen LogP contribution >= 0.6 is 11.6 Å². The Morgan fingerprint density at radius 2 is 1.83 bits per heavy atom. The minimum Gasteiger partial charge on any atom is -0.397 e. The minimum atomic E-state index is -0.343. The zero-order valence-electron chi connectivity index (χ0n) is 10.2. The van der Waals surface area contributed by atoms with Gasteiger partial charge in [0.15, 0.2) is 5.79 Å². The monoisotopic (exact) mass is 268 g/mol. The molecule has 1 aromatic carbocycles. The largest absolute Gasteiger partial charge is 0.397 e. The SMILES string of the molecule is Nc1ccc(Cl)cc1N1CCC2(CC1)OCCO2. The van der Waals surface area contributed by atoms with E-state index in [1.807, 2.05) is 18.2 Å². The third kappa shape index (κ3) is 2.16. The van der Waals surface area contributed by atoms with E-state index in [-0.39, 0.29) is 5.79 Å². The Kier molecular flexibility index (Phi) is 3.09. The Hall–Kier alpha value is -0.970. The summed E-state index contributed by atoms with van der Waals surface area (Å²) in [4.78, 5) is 2.25. The second-order valence-electron chi connectivity index (χ2n) is 4.80. The number of halogens is 1. The number of rotatable bonds is 1. The summed E-state index contributed by atoms with van der Waals surface area (Å²) in [5.41, 5.74) is 7.78. The fourth-order valence-electron chi connectivity index (χ4n) is 2.66. The van der Waals surface area contributed by atoms with Crippen molar-refractivity contribution in [3.63, 3.8) is 0 Å². The van der Waals surface area contributed by atoms with Crippen molar-refractivity contribution >= 4 is 23.0 Å². The van der Waals surface area contributed by atoms with Gasteiger partial charge >= 0.3 is 0 Å². The lowest BCUT2D eigenvalue weighted by Crippen LogP contribution is -2.45. The molecule has 0 saturated carbocycles. The molecule has 0 aliphatic carbocycles. The van der Waals surface area contributed by atoms with E-state index >= 15 is 0 Å². The van der Waals surface area contributed by atoms with Gasteiger partial charge in [-0.05, 0) is 18.2 Å². The molecule has 0 radical (unpaired) electrons. The summed E-state index contributed by atoms with van der Waals surface area (Å²) in [5.74, 6) is -0.343. The molecule has 0 amide bonds. The Labute approximate surface area is 112 Å². The van der Waals surface area contributed by atoms with Gasteiger partial charge < -0.3 is 20.1 Å². The predicted octanol–water partition coefficient (Wildman–Crippen LogP) is 2.27. The summed E-state index contributed by atoms with van der Waals surface area (Å²) < 4.78 is 11.4. The van der Waals surface area contributed by atoms with Crippen LogP contribution in [0, 0.1) is 0 Å². The van der Waals surface area contributed by atoms with Crippen LogP contribution in [0.1, 0.15) is 12.8 Å². The lowest BCUT2D eigenvalue weighted by atomic mass is 10.0. The molecule has 2 aliphatic heterocycles. The summed E-state index contributed by atoms with van der Waals surface area (Å²) in [6.45, 7) is 3.17. The van der Waals surface area contributed by atoms with Crippen LogP contribution < -0.4 is 10.6 Å². The molecule has 3 rings (SSSR count). The average Bonchev–Trinajstić information content (AvgIpc) is 2.82. The van der Waals surface area contributed by atoms with E-state index in [1.54, 1.807) is 0 Å². The van der Waals surface area contributed by atoms with Gasteiger partial charge in [-0.2, -0.15) is 0 Å². The minimum absolute atomic E-state index is 0.343. The predicted molar refractivity (Wildman–Crippen MR) is 71.9 cm³/mol. The molecule has 18 heavy (non-hydrogen) atoms.